The summed E-state index contributed by atoms with van der Waals surface area (Å²) < 4.78 is 40.0. The predicted octanol–water partition coefficient (Wildman–Crippen LogP) is 4.89. The summed E-state index contributed by atoms with van der Waals surface area (Å²) in [7, 11) is 0. The van der Waals surface area contributed by atoms with E-state index in [0.717, 1.165) is 5.56 Å². The van der Waals surface area contributed by atoms with Crippen molar-refractivity contribution in [1.82, 2.24) is 0 Å². The second-order valence-electron chi connectivity index (χ2n) is 4.52. The zero-order valence-electron chi connectivity index (χ0n) is 10.2. The molecule has 0 saturated heterocycles. The molecule has 0 aliphatic heterocycles. The van der Waals surface area contributed by atoms with E-state index in [1.807, 2.05) is 26.0 Å². The lowest BCUT2D eigenvalue weighted by Crippen LogP contribution is -1.93. The molecule has 0 atom stereocenters. The van der Waals surface area contributed by atoms with Gasteiger partial charge in [0.15, 0.2) is 0 Å². The maximum atomic E-state index is 13.6. The Hall–Kier alpha value is -1.77. The standard InChI is InChI=1S/C15H13F3/c1-9(2)10-3-5-11(6-4-10)15-13(17)7-12(16)8-14(15)18/h3-9H,1-2H3. The Balaban J connectivity index is 2.49. The molecular formula is C15H13F3. The fourth-order valence-electron chi connectivity index (χ4n) is 1.85. The third-order valence-corrected chi connectivity index (χ3v) is 2.87. The summed E-state index contributed by atoms with van der Waals surface area (Å²) in [5.41, 5.74) is 1.31. The van der Waals surface area contributed by atoms with Gasteiger partial charge in [0.05, 0.1) is 5.56 Å². The Morgan fingerprint density at radius 2 is 1.33 bits per heavy atom. The molecule has 0 nitrogen and oxygen atoms in total. The van der Waals surface area contributed by atoms with E-state index in [0.29, 0.717) is 23.6 Å². The zero-order valence-corrected chi connectivity index (χ0v) is 10.2. The van der Waals surface area contributed by atoms with Gasteiger partial charge in [-0.1, -0.05) is 38.1 Å². The molecular weight excluding hydrogens is 237 g/mol. The van der Waals surface area contributed by atoms with Crippen LogP contribution in [0.15, 0.2) is 36.4 Å². The molecule has 0 aromatic heterocycles. The molecule has 0 saturated carbocycles. The highest BCUT2D eigenvalue weighted by Gasteiger charge is 2.13. The molecule has 0 amide bonds. The first kappa shape index (κ1) is 12.7. The van der Waals surface area contributed by atoms with E-state index in [9.17, 15) is 13.2 Å². The first-order valence-electron chi connectivity index (χ1n) is 5.74. The molecule has 18 heavy (non-hydrogen) atoms. The van der Waals surface area contributed by atoms with E-state index in [2.05, 4.69) is 0 Å². The quantitative estimate of drug-likeness (QED) is 0.711. The molecule has 0 N–H and O–H groups in total. The minimum Gasteiger partial charge on any atom is -0.207 e. The van der Waals surface area contributed by atoms with Crippen molar-refractivity contribution in [2.75, 3.05) is 0 Å². The molecule has 0 radical (unpaired) electrons. The van der Waals surface area contributed by atoms with Gasteiger partial charge in [0.25, 0.3) is 0 Å². The molecule has 0 unspecified atom stereocenters. The minimum absolute atomic E-state index is 0.188. The lowest BCUT2D eigenvalue weighted by molar-refractivity contribution is 0.548. The zero-order chi connectivity index (χ0) is 13.3. The molecule has 3 heteroatoms. The van der Waals surface area contributed by atoms with Gasteiger partial charge in [-0.15, -0.1) is 0 Å². The number of halogens is 3. The Morgan fingerprint density at radius 3 is 1.78 bits per heavy atom. The van der Waals surface area contributed by atoms with E-state index in [1.54, 1.807) is 12.1 Å². The van der Waals surface area contributed by atoms with Crippen molar-refractivity contribution in [1.29, 1.82) is 0 Å². The van der Waals surface area contributed by atoms with Crippen molar-refractivity contribution < 1.29 is 13.2 Å². The van der Waals surface area contributed by atoms with Crippen LogP contribution in [0.3, 0.4) is 0 Å². The number of rotatable bonds is 2. The van der Waals surface area contributed by atoms with Gasteiger partial charge < -0.3 is 0 Å². The van der Waals surface area contributed by atoms with Crippen LogP contribution in [0, 0.1) is 17.5 Å². The average molecular weight is 250 g/mol. The van der Waals surface area contributed by atoms with E-state index in [-0.39, 0.29) is 5.56 Å². The van der Waals surface area contributed by atoms with Crippen molar-refractivity contribution in [3.63, 3.8) is 0 Å². The van der Waals surface area contributed by atoms with Crippen LogP contribution in [0.4, 0.5) is 13.2 Å². The highest BCUT2D eigenvalue weighted by molar-refractivity contribution is 5.65. The van der Waals surface area contributed by atoms with E-state index in [4.69, 9.17) is 0 Å². The predicted molar refractivity (Wildman–Crippen MR) is 65.8 cm³/mol. The fourth-order valence-corrected chi connectivity index (χ4v) is 1.85. The lowest BCUT2D eigenvalue weighted by atomic mass is 9.98. The van der Waals surface area contributed by atoms with Gasteiger partial charge in [-0.05, 0) is 17.0 Å². The topological polar surface area (TPSA) is 0 Å². The summed E-state index contributed by atoms with van der Waals surface area (Å²) in [6.07, 6.45) is 0. The smallest absolute Gasteiger partial charge is 0.136 e. The van der Waals surface area contributed by atoms with E-state index in [1.165, 1.54) is 0 Å². The first-order chi connectivity index (χ1) is 8.49. The molecule has 0 aliphatic rings. The van der Waals surface area contributed by atoms with Crippen LogP contribution in [0.2, 0.25) is 0 Å². The van der Waals surface area contributed by atoms with Crippen LogP contribution in [-0.2, 0) is 0 Å². The second-order valence-corrected chi connectivity index (χ2v) is 4.52. The number of hydrogen-bond acceptors (Lipinski definition) is 0. The molecule has 94 valence electrons. The summed E-state index contributed by atoms with van der Waals surface area (Å²) in [5.74, 6) is -2.33. The lowest BCUT2D eigenvalue weighted by Gasteiger charge is -2.08. The molecule has 2 rings (SSSR count). The highest BCUT2D eigenvalue weighted by Crippen LogP contribution is 2.28. The van der Waals surface area contributed by atoms with Crippen LogP contribution in [0.5, 0.6) is 0 Å². The molecule has 0 aliphatic carbocycles. The van der Waals surface area contributed by atoms with Gasteiger partial charge in [0, 0.05) is 12.1 Å². The first-order valence-corrected chi connectivity index (χ1v) is 5.74. The Morgan fingerprint density at radius 1 is 0.833 bits per heavy atom. The third kappa shape index (κ3) is 2.40. The summed E-state index contributed by atoms with van der Waals surface area (Å²) in [5, 5.41) is 0. The average Bonchev–Trinajstić information content (AvgIpc) is 2.28. The van der Waals surface area contributed by atoms with Gasteiger partial charge in [0.2, 0.25) is 0 Å². The van der Waals surface area contributed by atoms with Gasteiger partial charge in [-0.3, -0.25) is 0 Å². The van der Waals surface area contributed by atoms with Crippen molar-refractivity contribution in [2.45, 2.75) is 19.8 Å². The third-order valence-electron chi connectivity index (χ3n) is 2.87. The Bertz CT molecular complexity index is 533. The van der Waals surface area contributed by atoms with Crippen LogP contribution >= 0.6 is 0 Å². The molecule has 0 fully saturated rings. The summed E-state index contributed by atoms with van der Waals surface area (Å²) in [6, 6.07) is 8.32. The van der Waals surface area contributed by atoms with Crippen LogP contribution in [0.1, 0.15) is 25.3 Å². The van der Waals surface area contributed by atoms with Gasteiger partial charge >= 0.3 is 0 Å². The molecule has 0 spiro atoms. The maximum Gasteiger partial charge on any atom is 0.136 e. The monoisotopic (exact) mass is 250 g/mol. The van der Waals surface area contributed by atoms with Crippen LogP contribution in [-0.4, -0.2) is 0 Å². The molecule has 0 heterocycles. The molecule has 0 bridgehead atoms. The summed E-state index contributed by atoms with van der Waals surface area (Å²) >= 11 is 0. The molecule has 2 aromatic carbocycles. The van der Waals surface area contributed by atoms with Crippen molar-refractivity contribution in [2.24, 2.45) is 0 Å². The summed E-state index contributed by atoms with van der Waals surface area (Å²) in [4.78, 5) is 0. The van der Waals surface area contributed by atoms with Crippen LogP contribution < -0.4 is 0 Å². The summed E-state index contributed by atoms with van der Waals surface area (Å²) in [6.45, 7) is 4.07. The number of benzene rings is 2. The Labute approximate surface area is 104 Å². The number of hydrogen-bond donors (Lipinski definition) is 0. The largest absolute Gasteiger partial charge is 0.207 e. The van der Waals surface area contributed by atoms with E-state index < -0.39 is 17.5 Å². The second kappa shape index (κ2) is 4.84. The van der Waals surface area contributed by atoms with Gasteiger partial charge in [-0.25, -0.2) is 13.2 Å². The SMILES string of the molecule is CC(C)c1ccc(-c2c(F)cc(F)cc2F)cc1. The Kier molecular flexibility index (Phi) is 3.41. The highest BCUT2D eigenvalue weighted by atomic mass is 19.1. The van der Waals surface area contributed by atoms with E-state index >= 15 is 0 Å². The minimum atomic E-state index is -0.910. The normalized spacial score (nSPS) is 11.0. The van der Waals surface area contributed by atoms with Crippen molar-refractivity contribution in [3.05, 3.63) is 59.4 Å². The maximum absolute atomic E-state index is 13.6. The van der Waals surface area contributed by atoms with Gasteiger partial charge in [-0.2, -0.15) is 0 Å². The fraction of sp³-hybridized carbons (Fsp3) is 0.200. The van der Waals surface area contributed by atoms with Crippen molar-refractivity contribution >= 4 is 0 Å². The van der Waals surface area contributed by atoms with Crippen LogP contribution in [0.25, 0.3) is 11.1 Å². The van der Waals surface area contributed by atoms with Crippen molar-refractivity contribution in [3.8, 4) is 11.1 Å². The van der Waals surface area contributed by atoms with Gasteiger partial charge in [0.1, 0.15) is 17.5 Å². The molecule has 2 aromatic rings.